The van der Waals surface area contributed by atoms with Gasteiger partial charge >= 0.3 is 5.97 Å². The van der Waals surface area contributed by atoms with Gasteiger partial charge in [-0.1, -0.05) is 13.8 Å². The first-order valence-electron chi connectivity index (χ1n) is 5.87. The van der Waals surface area contributed by atoms with Gasteiger partial charge in [-0.25, -0.2) is 4.79 Å². The van der Waals surface area contributed by atoms with Gasteiger partial charge in [-0.3, -0.25) is 0 Å². The van der Waals surface area contributed by atoms with Crippen LogP contribution in [-0.2, 0) is 9.53 Å². The molecule has 0 radical (unpaired) electrons. The van der Waals surface area contributed by atoms with Gasteiger partial charge in [0.2, 0.25) is 0 Å². The normalized spacial score (nSPS) is 49.3. The zero-order valence-corrected chi connectivity index (χ0v) is 9.75. The van der Waals surface area contributed by atoms with Gasteiger partial charge in [0.1, 0.15) is 0 Å². The number of hydrogen-bond acceptors (Lipinski definition) is 2. The van der Waals surface area contributed by atoms with E-state index in [-0.39, 0.29) is 5.60 Å². The summed E-state index contributed by atoms with van der Waals surface area (Å²) in [5.74, 6) is 0.482. The maximum absolute atomic E-state index is 11.1. The van der Waals surface area contributed by atoms with Crippen molar-refractivity contribution in [1.82, 2.24) is 0 Å². The van der Waals surface area contributed by atoms with E-state index in [1.807, 2.05) is 0 Å². The first-order chi connectivity index (χ1) is 6.93. The molecule has 1 saturated carbocycles. The minimum Gasteiger partial charge on any atom is -0.479 e. The average molecular weight is 212 g/mol. The number of carbonyl (C=O) groups is 1. The van der Waals surface area contributed by atoms with Crippen LogP contribution in [0.4, 0.5) is 0 Å². The lowest BCUT2D eigenvalue weighted by molar-refractivity contribution is -0.173. The van der Waals surface area contributed by atoms with E-state index < -0.39 is 11.6 Å². The third-order valence-corrected chi connectivity index (χ3v) is 4.29. The Kier molecular flexibility index (Phi) is 2.34. The molecule has 0 spiro atoms. The largest absolute Gasteiger partial charge is 0.479 e. The van der Waals surface area contributed by atoms with Crippen molar-refractivity contribution >= 4 is 5.97 Å². The van der Waals surface area contributed by atoms with Crippen LogP contribution in [0.3, 0.4) is 0 Å². The van der Waals surface area contributed by atoms with Crippen LogP contribution in [0.2, 0.25) is 0 Å². The second kappa shape index (κ2) is 3.21. The molecule has 1 heterocycles. The number of ether oxygens (including phenoxy) is 1. The Morgan fingerprint density at radius 3 is 2.47 bits per heavy atom. The number of hydrogen-bond donors (Lipinski definition) is 1. The van der Waals surface area contributed by atoms with Gasteiger partial charge in [0.05, 0.1) is 5.60 Å². The summed E-state index contributed by atoms with van der Waals surface area (Å²) in [5.41, 5.74) is -1.09. The van der Waals surface area contributed by atoms with Gasteiger partial charge in [-0.15, -0.1) is 0 Å². The molecule has 2 rings (SSSR count). The second-order valence-corrected chi connectivity index (χ2v) is 5.38. The zero-order chi connectivity index (χ0) is 11.3. The van der Waals surface area contributed by atoms with Crippen LogP contribution in [0.15, 0.2) is 0 Å². The Morgan fingerprint density at radius 2 is 2.13 bits per heavy atom. The van der Waals surface area contributed by atoms with E-state index in [1.165, 1.54) is 6.42 Å². The fourth-order valence-electron chi connectivity index (χ4n) is 2.98. The van der Waals surface area contributed by atoms with Crippen LogP contribution in [0.25, 0.3) is 0 Å². The Bertz CT molecular complexity index is 289. The van der Waals surface area contributed by atoms with Crippen LogP contribution in [0.1, 0.15) is 46.5 Å². The molecule has 0 aromatic carbocycles. The predicted octanol–water partition coefficient (Wildman–Crippen LogP) is 2.44. The molecular weight excluding hydrogens is 192 g/mol. The average Bonchev–Trinajstić information content (AvgIpc) is 2.79. The van der Waals surface area contributed by atoms with Gasteiger partial charge in [0.25, 0.3) is 0 Å². The van der Waals surface area contributed by atoms with Crippen molar-refractivity contribution in [2.45, 2.75) is 57.7 Å². The molecule has 86 valence electrons. The summed E-state index contributed by atoms with van der Waals surface area (Å²) < 4.78 is 5.94. The summed E-state index contributed by atoms with van der Waals surface area (Å²) in [7, 11) is 0. The number of carboxylic acids is 1. The fraction of sp³-hybridized carbons (Fsp3) is 0.917. The molecule has 3 heteroatoms. The van der Waals surface area contributed by atoms with E-state index in [9.17, 15) is 4.79 Å². The Hall–Kier alpha value is -0.570. The zero-order valence-electron chi connectivity index (χ0n) is 9.75. The minimum atomic E-state index is -0.946. The minimum absolute atomic E-state index is 0.146. The molecular formula is C12H20O3. The third-order valence-electron chi connectivity index (χ3n) is 4.29. The summed E-state index contributed by atoms with van der Waals surface area (Å²) in [6.45, 7) is 6.04. The Labute approximate surface area is 90.8 Å². The molecule has 0 amide bonds. The predicted molar refractivity (Wildman–Crippen MR) is 56.7 cm³/mol. The van der Waals surface area contributed by atoms with Gasteiger partial charge < -0.3 is 9.84 Å². The summed E-state index contributed by atoms with van der Waals surface area (Å²) in [5, 5.41) is 9.14. The maximum atomic E-state index is 11.1. The van der Waals surface area contributed by atoms with Crippen LogP contribution in [0, 0.1) is 11.8 Å². The molecule has 1 aliphatic heterocycles. The van der Waals surface area contributed by atoms with Gasteiger partial charge in [-0.05, 0) is 44.4 Å². The van der Waals surface area contributed by atoms with Crippen molar-refractivity contribution in [2.75, 3.05) is 0 Å². The molecule has 3 nitrogen and oxygen atoms in total. The Balaban J connectivity index is 2.15. The molecule has 4 unspecified atom stereocenters. The lowest BCUT2D eigenvalue weighted by atomic mass is 9.89. The smallest absolute Gasteiger partial charge is 0.335 e. The van der Waals surface area contributed by atoms with Crippen LogP contribution in [-0.4, -0.2) is 22.3 Å². The molecule has 2 aliphatic rings. The lowest BCUT2D eigenvalue weighted by Gasteiger charge is -2.31. The lowest BCUT2D eigenvalue weighted by Crippen LogP contribution is -2.40. The van der Waals surface area contributed by atoms with E-state index in [0.29, 0.717) is 18.3 Å². The molecule has 4 atom stereocenters. The quantitative estimate of drug-likeness (QED) is 0.781. The molecule has 15 heavy (non-hydrogen) atoms. The van der Waals surface area contributed by atoms with Crippen LogP contribution < -0.4 is 0 Å². The maximum Gasteiger partial charge on any atom is 0.335 e. The molecule has 1 aliphatic carbocycles. The van der Waals surface area contributed by atoms with Gasteiger partial charge in [0, 0.05) is 0 Å². The summed E-state index contributed by atoms with van der Waals surface area (Å²) >= 11 is 0. The highest BCUT2D eigenvalue weighted by molar-refractivity contribution is 5.77. The standard InChI is InChI=1S/C12H20O3/c1-4-12(9-7-8(9)2)6-5-11(3,15-12)10(13)14/h8-9H,4-7H2,1-3H3,(H,13,14). The van der Waals surface area contributed by atoms with Crippen LogP contribution >= 0.6 is 0 Å². The first kappa shape index (κ1) is 10.9. The highest BCUT2D eigenvalue weighted by atomic mass is 16.6. The number of aliphatic carboxylic acids is 1. The van der Waals surface area contributed by atoms with E-state index >= 15 is 0 Å². The summed E-state index contributed by atoms with van der Waals surface area (Å²) in [6, 6.07) is 0. The van der Waals surface area contributed by atoms with E-state index in [1.54, 1.807) is 6.92 Å². The van der Waals surface area contributed by atoms with Crippen molar-refractivity contribution in [3.63, 3.8) is 0 Å². The van der Waals surface area contributed by atoms with E-state index in [4.69, 9.17) is 9.84 Å². The molecule has 0 bridgehead atoms. The van der Waals surface area contributed by atoms with Crippen molar-refractivity contribution in [2.24, 2.45) is 11.8 Å². The molecule has 2 fully saturated rings. The summed E-state index contributed by atoms with van der Waals surface area (Å²) in [4.78, 5) is 11.1. The number of carboxylic acid groups (broad SMARTS) is 1. The van der Waals surface area contributed by atoms with Crippen LogP contribution in [0.5, 0.6) is 0 Å². The molecule has 0 aromatic rings. The van der Waals surface area contributed by atoms with Crippen molar-refractivity contribution in [3.8, 4) is 0 Å². The summed E-state index contributed by atoms with van der Waals surface area (Å²) in [6.07, 6.45) is 3.69. The van der Waals surface area contributed by atoms with Crippen molar-refractivity contribution < 1.29 is 14.6 Å². The molecule has 1 N–H and O–H groups in total. The highest BCUT2D eigenvalue weighted by Gasteiger charge is 2.58. The third kappa shape index (κ3) is 1.57. The van der Waals surface area contributed by atoms with Gasteiger partial charge in [-0.2, -0.15) is 0 Å². The highest BCUT2D eigenvalue weighted by Crippen LogP contribution is 2.56. The van der Waals surface area contributed by atoms with E-state index in [0.717, 1.165) is 12.8 Å². The fourth-order valence-corrected chi connectivity index (χ4v) is 2.98. The number of rotatable bonds is 3. The van der Waals surface area contributed by atoms with E-state index in [2.05, 4.69) is 13.8 Å². The van der Waals surface area contributed by atoms with Crippen molar-refractivity contribution in [1.29, 1.82) is 0 Å². The second-order valence-electron chi connectivity index (χ2n) is 5.38. The van der Waals surface area contributed by atoms with Gasteiger partial charge in [0.15, 0.2) is 5.60 Å². The Morgan fingerprint density at radius 1 is 1.53 bits per heavy atom. The SMILES string of the molecule is CCC1(C2CC2C)CCC(C)(C(=O)O)O1. The molecule has 1 saturated heterocycles. The molecule has 0 aromatic heterocycles. The first-order valence-corrected chi connectivity index (χ1v) is 5.87. The topological polar surface area (TPSA) is 46.5 Å². The monoisotopic (exact) mass is 212 g/mol. The van der Waals surface area contributed by atoms with Crippen molar-refractivity contribution in [3.05, 3.63) is 0 Å².